The van der Waals surface area contributed by atoms with Gasteiger partial charge in [0, 0.05) is 18.3 Å². The van der Waals surface area contributed by atoms with Crippen molar-refractivity contribution < 1.29 is 22.3 Å². The first-order valence-electron chi connectivity index (χ1n) is 9.09. The van der Waals surface area contributed by atoms with Crippen molar-refractivity contribution in [2.75, 3.05) is 19.0 Å². The lowest BCUT2D eigenvalue weighted by Crippen LogP contribution is -2.46. The molecule has 1 amide bonds. The van der Waals surface area contributed by atoms with E-state index in [1.54, 1.807) is 0 Å². The number of benzene rings is 1. The van der Waals surface area contributed by atoms with Gasteiger partial charge in [-0.25, -0.2) is 17.8 Å². The van der Waals surface area contributed by atoms with E-state index in [2.05, 4.69) is 21.2 Å². The van der Waals surface area contributed by atoms with Crippen LogP contribution in [-0.4, -0.2) is 43.5 Å². The molecule has 0 aliphatic carbocycles. The molecule has 0 bridgehead atoms. The van der Waals surface area contributed by atoms with Crippen LogP contribution in [0.3, 0.4) is 0 Å². The van der Waals surface area contributed by atoms with Crippen LogP contribution in [0.1, 0.15) is 29.9 Å². The predicted octanol–water partition coefficient (Wildman–Crippen LogP) is 2.17. The average molecular weight is 447 g/mol. The number of aliphatic imine (C=N–C) groups is 1. The quantitative estimate of drug-likeness (QED) is 0.364. The molecule has 0 saturated carbocycles. The summed E-state index contributed by atoms with van der Waals surface area (Å²) in [4.78, 5) is 20.1. The molecule has 1 heterocycles. The monoisotopic (exact) mass is 446 g/mol. The summed E-state index contributed by atoms with van der Waals surface area (Å²) < 4.78 is 43.6. The second-order valence-corrected chi connectivity index (χ2v) is 9.55. The minimum atomic E-state index is -3.91. The number of ether oxygens (including phenoxy) is 1. The molecule has 0 spiro atoms. The zero-order valence-electron chi connectivity index (χ0n) is 17.3. The highest BCUT2D eigenvalue weighted by molar-refractivity contribution is 7.92. The molecule has 31 heavy (non-hydrogen) atoms. The number of nitrogens with one attached hydrogen (secondary N) is 1. The summed E-state index contributed by atoms with van der Waals surface area (Å²) in [5.41, 5.74) is 5.90. The summed E-state index contributed by atoms with van der Waals surface area (Å²) in [7, 11) is -2.53. The van der Waals surface area contributed by atoms with Crippen molar-refractivity contribution in [3.05, 3.63) is 53.6 Å². The van der Waals surface area contributed by atoms with Crippen molar-refractivity contribution in [1.29, 1.82) is 0 Å². The summed E-state index contributed by atoms with van der Waals surface area (Å²) in [5.74, 6) is 0.726. The Hall–Kier alpha value is -3.45. The number of halogens is 1. The zero-order valence-corrected chi connectivity index (χ0v) is 18.2. The number of carbonyl (C=O) groups excluding carboxylic acids is 1. The Morgan fingerprint density at radius 3 is 2.65 bits per heavy atom. The van der Waals surface area contributed by atoms with Gasteiger partial charge in [-0.2, -0.15) is 0 Å². The number of nitrogens with zero attached hydrogens (tertiary/aromatic N) is 2. The second kappa shape index (κ2) is 9.57. The lowest BCUT2D eigenvalue weighted by Gasteiger charge is -2.24. The lowest BCUT2D eigenvalue weighted by molar-refractivity contribution is 0.102. The molecule has 2 aromatic rings. The van der Waals surface area contributed by atoms with Crippen LogP contribution in [0.2, 0.25) is 0 Å². The molecule has 0 aliphatic heterocycles. The molecule has 1 aromatic carbocycles. The Morgan fingerprint density at radius 1 is 1.35 bits per heavy atom. The molecule has 3 N–H and O–H groups in total. The van der Waals surface area contributed by atoms with E-state index in [-0.39, 0.29) is 29.4 Å². The van der Waals surface area contributed by atoms with E-state index in [0.717, 1.165) is 6.07 Å². The summed E-state index contributed by atoms with van der Waals surface area (Å²) in [6.07, 6.45) is 6.46. The predicted molar refractivity (Wildman–Crippen MR) is 117 cm³/mol. The SMILES string of the molecule is C#CCOc1ccc(C(=O)Nc2ccc(F)c(CS(=O)(=O)C(C)(C)C(N)=NC)c2)nc1. The highest BCUT2D eigenvalue weighted by Gasteiger charge is 2.38. The second-order valence-electron chi connectivity index (χ2n) is 7.01. The number of aromatic nitrogens is 1. The molecule has 0 unspecified atom stereocenters. The number of amides is 1. The number of pyridine rings is 1. The van der Waals surface area contributed by atoms with Gasteiger partial charge in [0.15, 0.2) is 9.84 Å². The van der Waals surface area contributed by atoms with Gasteiger partial charge in [0.2, 0.25) is 0 Å². The maximum Gasteiger partial charge on any atom is 0.274 e. The number of hydrogen-bond acceptors (Lipinski definition) is 6. The molecule has 164 valence electrons. The van der Waals surface area contributed by atoms with Crippen molar-refractivity contribution in [2.24, 2.45) is 10.7 Å². The Kier molecular flexibility index (Phi) is 7.36. The van der Waals surface area contributed by atoms with Gasteiger partial charge in [-0.15, -0.1) is 6.42 Å². The standard InChI is InChI=1S/C21H23FN4O4S/c1-5-10-30-16-7-9-18(25-12-16)19(27)26-15-6-8-17(22)14(11-15)13-31(28,29)21(2,3)20(23)24-4/h1,6-9,11-12H,10,13H2,2-4H3,(H2,23,24)(H,26,27). The van der Waals surface area contributed by atoms with Gasteiger partial charge in [-0.1, -0.05) is 5.92 Å². The van der Waals surface area contributed by atoms with Gasteiger partial charge >= 0.3 is 0 Å². The van der Waals surface area contributed by atoms with Crippen molar-refractivity contribution >= 4 is 27.3 Å². The van der Waals surface area contributed by atoms with Gasteiger partial charge in [0.1, 0.15) is 34.5 Å². The number of carbonyl (C=O) groups is 1. The molecule has 0 atom stereocenters. The Morgan fingerprint density at radius 2 is 2.06 bits per heavy atom. The van der Waals surface area contributed by atoms with Crippen LogP contribution in [0.25, 0.3) is 0 Å². The third kappa shape index (κ3) is 5.58. The van der Waals surface area contributed by atoms with Gasteiger partial charge in [-0.05, 0) is 44.2 Å². The normalized spacial score (nSPS) is 12.2. The van der Waals surface area contributed by atoms with E-state index in [9.17, 15) is 17.6 Å². The smallest absolute Gasteiger partial charge is 0.274 e. The fraction of sp³-hybridized carbons (Fsp3) is 0.286. The fourth-order valence-electron chi connectivity index (χ4n) is 2.50. The number of amidine groups is 1. The van der Waals surface area contributed by atoms with Crippen LogP contribution in [0.15, 0.2) is 41.5 Å². The van der Waals surface area contributed by atoms with Crippen molar-refractivity contribution in [3.63, 3.8) is 0 Å². The summed E-state index contributed by atoms with van der Waals surface area (Å²) in [6.45, 7) is 2.87. The Labute approximate surface area is 180 Å². The van der Waals surface area contributed by atoms with E-state index in [4.69, 9.17) is 16.9 Å². The van der Waals surface area contributed by atoms with Gasteiger partial charge in [0.25, 0.3) is 5.91 Å². The largest absolute Gasteiger partial charge is 0.479 e. The van der Waals surface area contributed by atoms with Crippen LogP contribution in [0.4, 0.5) is 10.1 Å². The van der Waals surface area contributed by atoms with Crippen LogP contribution < -0.4 is 15.8 Å². The minimum absolute atomic E-state index is 0.0705. The van der Waals surface area contributed by atoms with E-state index >= 15 is 0 Å². The molecule has 0 aliphatic rings. The van der Waals surface area contributed by atoms with Crippen molar-refractivity contribution in [1.82, 2.24) is 4.98 Å². The van der Waals surface area contributed by atoms with Gasteiger partial charge in [0.05, 0.1) is 11.9 Å². The summed E-state index contributed by atoms with van der Waals surface area (Å²) in [5, 5.41) is 2.56. The third-order valence-electron chi connectivity index (χ3n) is 4.58. The molecule has 1 aromatic heterocycles. The molecule has 8 nitrogen and oxygen atoms in total. The highest BCUT2D eigenvalue weighted by atomic mass is 32.2. The van der Waals surface area contributed by atoms with Gasteiger partial charge in [-0.3, -0.25) is 9.79 Å². The fourth-order valence-corrected chi connectivity index (χ4v) is 3.90. The Bertz CT molecular complexity index is 1140. The molecular formula is C21H23FN4O4S. The minimum Gasteiger partial charge on any atom is -0.479 e. The van der Waals surface area contributed by atoms with E-state index < -0.39 is 32.1 Å². The van der Waals surface area contributed by atoms with Crippen LogP contribution in [0, 0.1) is 18.2 Å². The Balaban J connectivity index is 2.21. The third-order valence-corrected chi connectivity index (χ3v) is 7.03. The van der Waals surface area contributed by atoms with Crippen LogP contribution in [0.5, 0.6) is 5.75 Å². The van der Waals surface area contributed by atoms with Crippen molar-refractivity contribution in [3.8, 4) is 18.1 Å². The maximum absolute atomic E-state index is 14.3. The number of hydrogen-bond donors (Lipinski definition) is 2. The molecule has 2 rings (SSSR count). The van der Waals surface area contributed by atoms with E-state index in [1.165, 1.54) is 51.4 Å². The molecule has 0 saturated heterocycles. The number of anilines is 1. The van der Waals surface area contributed by atoms with Crippen molar-refractivity contribution in [2.45, 2.75) is 24.3 Å². The molecule has 10 heteroatoms. The highest BCUT2D eigenvalue weighted by Crippen LogP contribution is 2.25. The average Bonchev–Trinajstić information content (AvgIpc) is 2.73. The number of rotatable bonds is 8. The number of sulfone groups is 1. The van der Waals surface area contributed by atoms with Gasteiger partial charge < -0.3 is 15.8 Å². The zero-order chi connectivity index (χ0) is 23.2. The molecular weight excluding hydrogens is 423 g/mol. The molecule has 0 fully saturated rings. The topological polar surface area (TPSA) is 124 Å². The first-order chi connectivity index (χ1) is 14.5. The summed E-state index contributed by atoms with van der Waals surface area (Å²) in [6, 6.07) is 6.62. The maximum atomic E-state index is 14.3. The molecule has 0 radical (unpaired) electrons. The number of nitrogens with two attached hydrogens (primary N) is 1. The lowest BCUT2D eigenvalue weighted by atomic mass is 10.2. The van der Waals surface area contributed by atoms with Crippen LogP contribution >= 0.6 is 0 Å². The first-order valence-corrected chi connectivity index (χ1v) is 10.7. The summed E-state index contributed by atoms with van der Waals surface area (Å²) >= 11 is 0. The van der Waals surface area contributed by atoms with Crippen LogP contribution in [-0.2, 0) is 15.6 Å². The van der Waals surface area contributed by atoms with E-state index in [1.807, 2.05) is 0 Å². The number of terminal acetylenes is 1. The van der Waals surface area contributed by atoms with E-state index in [0.29, 0.717) is 5.75 Å². The first kappa shape index (κ1) is 23.8.